The van der Waals surface area contributed by atoms with Crippen LogP contribution in [0.5, 0.6) is 5.75 Å². The minimum absolute atomic E-state index is 0.0720. The molecule has 1 aromatic heterocycles. The predicted octanol–water partition coefficient (Wildman–Crippen LogP) is 4.70. The Labute approximate surface area is 138 Å². The summed E-state index contributed by atoms with van der Waals surface area (Å²) in [4.78, 5) is 11.5. The van der Waals surface area contributed by atoms with Gasteiger partial charge in [-0.15, -0.1) is 11.3 Å². The van der Waals surface area contributed by atoms with Gasteiger partial charge in [-0.05, 0) is 25.1 Å². The average Bonchev–Trinajstić information content (AvgIpc) is 2.81. The molecule has 0 aliphatic heterocycles. The van der Waals surface area contributed by atoms with Gasteiger partial charge in [-0.3, -0.25) is 10.1 Å². The standard InChI is InChI=1S/C13H11BrClNO4S/c1-7(17)10-4-8(14)5-11(16(18)19)13(10)20-6-9-2-3-12(15)21-9/h2-5,7,17H,6H2,1H3/t7-/m0/s1. The summed E-state index contributed by atoms with van der Waals surface area (Å²) < 4.78 is 6.71. The minimum atomic E-state index is -0.886. The maximum absolute atomic E-state index is 11.2. The molecule has 1 atom stereocenters. The summed E-state index contributed by atoms with van der Waals surface area (Å²) in [6.45, 7) is 1.68. The Hall–Kier alpha value is -1.15. The van der Waals surface area contributed by atoms with Crippen LogP contribution in [0.15, 0.2) is 28.7 Å². The van der Waals surface area contributed by atoms with E-state index in [0.29, 0.717) is 14.4 Å². The first-order chi connectivity index (χ1) is 9.88. The minimum Gasteiger partial charge on any atom is -0.481 e. The number of benzene rings is 1. The average molecular weight is 393 g/mol. The zero-order valence-electron chi connectivity index (χ0n) is 10.9. The molecule has 0 aliphatic carbocycles. The fourth-order valence-corrected chi connectivity index (χ4v) is 3.24. The highest BCUT2D eigenvalue weighted by Gasteiger charge is 2.23. The molecule has 21 heavy (non-hydrogen) atoms. The lowest BCUT2D eigenvalue weighted by Gasteiger charge is -2.13. The number of nitrogens with zero attached hydrogens (tertiary/aromatic N) is 1. The molecule has 2 rings (SSSR count). The lowest BCUT2D eigenvalue weighted by Crippen LogP contribution is -2.04. The number of hydrogen-bond donors (Lipinski definition) is 1. The smallest absolute Gasteiger partial charge is 0.312 e. The van der Waals surface area contributed by atoms with Gasteiger partial charge in [-0.1, -0.05) is 27.5 Å². The van der Waals surface area contributed by atoms with Crippen molar-refractivity contribution in [2.75, 3.05) is 0 Å². The summed E-state index contributed by atoms with van der Waals surface area (Å²) in [6.07, 6.45) is -0.886. The molecular weight excluding hydrogens is 382 g/mol. The van der Waals surface area contributed by atoms with Crippen molar-refractivity contribution in [2.24, 2.45) is 0 Å². The first-order valence-electron chi connectivity index (χ1n) is 5.91. The van der Waals surface area contributed by atoms with Crippen molar-refractivity contribution in [2.45, 2.75) is 19.6 Å². The van der Waals surface area contributed by atoms with Gasteiger partial charge in [0.15, 0.2) is 0 Å². The van der Waals surface area contributed by atoms with E-state index in [1.165, 1.54) is 24.3 Å². The van der Waals surface area contributed by atoms with Crippen LogP contribution in [-0.4, -0.2) is 10.0 Å². The Morgan fingerprint density at radius 2 is 2.24 bits per heavy atom. The van der Waals surface area contributed by atoms with E-state index in [9.17, 15) is 15.2 Å². The summed E-state index contributed by atoms with van der Waals surface area (Å²) in [5.41, 5.74) is 0.168. The molecule has 0 unspecified atom stereocenters. The second-order valence-electron chi connectivity index (χ2n) is 4.27. The number of aliphatic hydroxyl groups excluding tert-OH is 1. The number of nitro groups is 1. The molecule has 0 saturated heterocycles. The molecular formula is C13H11BrClNO4S. The molecule has 0 bridgehead atoms. The first kappa shape index (κ1) is 16.2. The molecule has 0 radical (unpaired) electrons. The van der Waals surface area contributed by atoms with Gasteiger partial charge in [0.1, 0.15) is 6.61 Å². The summed E-state index contributed by atoms with van der Waals surface area (Å²) in [6, 6.07) is 6.48. The third kappa shape index (κ3) is 3.94. The Morgan fingerprint density at radius 1 is 1.52 bits per heavy atom. The molecule has 0 aliphatic rings. The van der Waals surface area contributed by atoms with Crippen LogP contribution in [0.4, 0.5) is 5.69 Å². The maximum atomic E-state index is 11.2. The van der Waals surface area contributed by atoms with E-state index >= 15 is 0 Å². The maximum Gasteiger partial charge on any atom is 0.312 e. The number of aliphatic hydroxyl groups is 1. The fraction of sp³-hybridized carbons (Fsp3) is 0.231. The van der Waals surface area contributed by atoms with E-state index in [0.717, 1.165) is 4.88 Å². The molecule has 1 N–H and O–H groups in total. The second-order valence-corrected chi connectivity index (χ2v) is 6.99. The zero-order chi connectivity index (χ0) is 15.6. The highest BCUT2D eigenvalue weighted by Crippen LogP contribution is 2.38. The van der Waals surface area contributed by atoms with Gasteiger partial charge in [0, 0.05) is 21.0 Å². The van der Waals surface area contributed by atoms with E-state index < -0.39 is 11.0 Å². The van der Waals surface area contributed by atoms with Crippen LogP contribution < -0.4 is 4.74 Å². The lowest BCUT2D eigenvalue weighted by atomic mass is 10.1. The Kier molecular flexibility index (Phi) is 5.21. The number of rotatable bonds is 5. The summed E-state index contributed by atoms with van der Waals surface area (Å²) >= 11 is 10.4. The molecule has 1 heterocycles. The van der Waals surface area contributed by atoms with Crippen LogP contribution in [0, 0.1) is 10.1 Å². The molecule has 5 nitrogen and oxygen atoms in total. The van der Waals surface area contributed by atoms with E-state index in [-0.39, 0.29) is 18.0 Å². The van der Waals surface area contributed by atoms with Crippen molar-refractivity contribution < 1.29 is 14.8 Å². The number of nitro benzene ring substituents is 1. The van der Waals surface area contributed by atoms with Crippen molar-refractivity contribution in [1.82, 2.24) is 0 Å². The number of ether oxygens (including phenoxy) is 1. The molecule has 2 aromatic rings. The quantitative estimate of drug-likeness (QED) is 0.591. The van der Waals surface area contributed by atoms with Gasteiger partial charge in [0.2, 0.25) is 5.75 Å². The van der Waals surface area contributed by atoms with Gasteiger partial charge >= 0.3 is 5.69 Å². The van der Waals surface area contributed by atoms with Crippen LogP contribution in [0.25, 0.3) is 0 Å². The van der Waals surface area contributed by atoms with Gasteiger partial charge in [-0.25, -0.2) is 0 Å². The number of halogens is 2. The van der Waals surface area contributed by atoms with Crippen molar-refractivity contribution in [3.8, 4) is 5.75 Å². The van der Waals surface area contributed by atoms with Crippen LogP contribution in [0.3, 0.4) is 0 Å². The van der Waals surface area contributed by atoms with Crippen LogP contribution >= 0.6 is 38.9 Å². The van der Waals surface area contributed by atoms with Crippen molar-refractivity contribution in [3.05, 3.63) is 53.6 Å². The summed E-state index contributed by atoms with van der Waals surface area (Å²) in [5, 5.41) is 21.0. The molecule has 8 heteroatoms. The molecule has 0 saturated carbocycles. The zero-order valence-corrected chi connectivity index (χ0v) is 14.0. The number of hydrogen-bond acceptors (Lipinski definition) is 5. The summed E-state index contributed by atoms with van der Waals surface area (Å²) in [7, 11) is 0. The van der Waals surface area contributed by atoms with E-state index in [1.807, 2.05) is 0 Å². The van der Waals surface area contributed by atoms with Gasteiger partial charge in [0.05, 0.1) is 15.4 Å². The first-order valence-corrected chi connectivity index (χ1v) is 7.90. The van der Waals surface area contributed by atoms with Crippen molar-refractivity contribution >= 4 is 44.6 Å². The Morgan fingerprint density at radius 3 is 2.76 bits per heavy atom. The third-order valence-electron chi connectivity index (χ3n) is 2.70. The highest BCUT2D eigenvalue weighted by molar-refractivity contribution is 9.10. The SMILES string of the molecule is C[C@H](O)c1cc(Br)cc([N+](=O)[O-])c1OCc1ccc(Cl)s1. The van der Waals surface area contributed by atoms with Crippen LogP contribution in [0.1, 0.15) is 23.5 Å². The molecule has 0 amide bonds. The highest BCUT2D eigenvalue weighted by atomic mass is 79.9. The van der Waals surface area contributed by atoms with Crippen molar-refractivity contribution in [3.63, 3.8) is 0 Å². The fourth-order valence-electron chi connectivity index (χ4n) is 1.78. The van der Waals surface area contributed by atoms with Gasteiger partial charge in [-0.2, -0.15) is 0 Å². The monoisotopic (exact) mass is 391 g/mol. The predicted molar refractivity (Wildman–Crippen MR) is 85.1 cm³/mol. The second kappa shape index (κ2) is 6.74. The molecule has 0 fully saturated rings. The van der Waals surface area contributed by atoms with Crippen molar-refractivity contribution in [1.29, 1.82) is 0 Å². The number of thiophene rings is 1. The normalized spacial score (nSPS) is 12.2. The lowest BCUT2D eigenvalue weighted by molar-refractivity contribution is -0.386. The molecule has 1 aromatic carbocycles. The largest absolute Gasteiger partial charge is 0.481 e. The van der Waals surface area contributed by atoms with E-state index in [1.54, 1.807) is 18.2 Å². The molecule has 0 spiro atoms. The Bertz CT molecular complexity index is 674. The van der Waals surface area contributed by atoms with E-state index in [2.05, 4.69) is 15.9 Å². The van der Waals surface area contributed by atoms with Crippen LogP contribution in [-0.2, 0) is 6.61 Å². The third-order valence-corrected chi connectivity index (χ3v) is 4.36. The van der Waals surface area contributed by atoms with Gasteiger partial charge < -0.3 is 9.84 Å². The molecule has 112 valence electrons. The summed E-state index contributed by atoms with van der Waals surface area (Å²) in [5.74, 6) is 0.0720. The van der Waals surface area contributed by atoms with Gasteiger partial charge in [0.25, 0.3) is 0 Å². The van der Waals surface area contributed by atoms with E-state index in [4.69, 9.17) is 16.3 Å². The topological polar surface area (TPSA) is 72.6 Å². The van der Waals surface area contributed by atoms with Crippen LogP contribution in [0.2, 0.25) is 4.34 Å². The Balaban J connectivity index is 2.37.